The van der Waals surface area contributed by atoms with Gasteiger partial charge in [-0.3, -0.25) is 14.3 Å². The second-order valence-corrected chi connectivity index (χ2v) is 8.04. The lowest BCUT2D eigenvalue weighted by molar-refractivity contribution is -0.137. The van der Waals surface area contributed by atoms with E-state index in [0.717, 1.165) is 10.1 Å². The average Bonchev–Trinajstić information content (AvgIpc) is 3.20. The summed E-state index contributed by atoms with van der Waals surface area (Å²) in [6.07, 6.45) is -0.920. The number of aliphatic hydroxyl groups is 1. The van der Waals surface area contributed by atoms with Gasteiger partial charge in [-0.1, -0.05) is 48.5 Å². The minimum Gasteiger partial charge on any atom is -0.491 e. The Bertz CT molecular complexity index is 1430. The molecule has 182 valence electrons. The largest absolute Gasteiger partial charge is 0.491 e. The first-order chi connectivity index (χ1) is 16.8. The summed E-state index contributed by atoms with van der Waals surface area (Å²) >= 11 is 0. The summed E-state index contributed by atoms with van der Waals surface area (Å²) in [5, 5.41) is 23.3. The van der Waals surface area contributed by atoms with Crippen molar-refractivity contribution < 1.29 is 19.7 Å². The summed E-state index contributed by atoms with van der Waals surface area (Å²) in [5.41, 5.74) is -0.490. The van der Waals surface area contributed by atoms with Crippen LogP contribution in [0.4, 0.5) is 5.95 Å². The molecule has 0 aliphatic heterocycles. The van der Waals surface area contributed by atoms with Crippen molar-refractivity contribution in [3.8, 4) is 5.75 Å². The quantitative estimate of drug-likeness (QED) is 0.263. The van der Waals surface area contributed by atoms with Gasteiger partial charge in [0.2, 0.25) is 5.95 Å². The highest BCUT2D eigenvalue weighted by molar-refractivity contribution is 5.79. The minimum atomic E-state index is -1.12. The van der Waals surface area contributed by atoms with E-state index in [9.17, 15) is 24.6 Å². The molecule has 4 aromatic rings. The fourth-order valence-electron chi connectivity index (χ4n) is 3.70. The lowest BCUT2D eigenvalue weighted by Gasteiger charge is -2.19. The molecule has 4 N–H and O–H groups in total. The van der Waals surface area contributed by atoms with Crippen LogP contribution in [-0.4, -0.2) is 54.0 Å². The molecule has 11 nitrogen and oxygen atoms in total. The van der Waals surface area contributed by atoms with Crippen LogP contribution in [0.2, 0.25) is 0 Å². The highest BCUT2D eigenvalue weighted by atomic mass is 16.5. The van der Waals surface area contributed by atoms with E-state index in [4.69, 9.17) is 4.74 Å². The number of nitrogens with zero attached hydrogens (tertiary/aromatic N) is 3. The summed E-state index contributed by atoms with van der Waals surface area (Å²) < 4.78 is 8.12. The molecule has 0 aliphatic carbocycles. The maximum absolute atomic E-state index is 12.7. The number of carboxylic acid groups (broad SMARTS) is 1. The number of anilines is 1. The smallest absolute Gasteiger partial charge is 0.329 e. The molecule has 2 aromatic heterocycles. The zero-order valence-electron chi connectivity index (χ0n) is 18.9. The first-order valence-electron chi connectivity index (χ1n) is 10.9. The number of aromatic amines is 1. The van der Waals surface area contributed by atoms with E-state index in [1.165, 1.54) is 11.6 Å². The number of imidazole rings is 1. The molecule has 0 saturated carbocycles. The number of carboxylic acids is 1. The summed E-state index contributed by atoms with van der Waals surface area (Å²) in [5.74, 6) is -0.522. The number of aliphatic hydroxyl groups excluding tert-OH is 1. The molecule has 0 fully saturated rings. The van der Waals surface area contributed by atoms with Crippen LogP contribution in [-0.2, 0) is 24.8 Å². The Morgan fingerprint density at radius 2 is 1.77 bits per heavy atom. The minimum absolute atomic E-state index is 0.0252. The van der Waals surface area contributed by atoms with Crippen LogP contribution in [0, 0.1) is 0 Å². The maximum Gasteiger partial charge on any atom is 0.329 e. The fourth-order valence-corrected chi connectivity index (χ4v) is 3.70. The van der Waals surface area contributed by atoms with E-state index in [0.29, 0.717) is 5.75 Å². The van der Waals surface area contributed by atoms with Gasteiger partial charge in [-0.15, -0.1) is 0 Å². The van der Waals surface area contributed by atoms with Gasteiger partial charge in [-0.2, -0.15) is 4.98 Å². The number of ether oxygens (including phenoxy) is 1. The van der Waals surface area contributed by atoms with Gasteiger partial charge in [0.1, 0.15) is 24.5 Å². The predicted octanol–water partition coefficient (Wildman–Crippen LogP) is 0.971. The van der Waals surface area contributed by atoms with Gasteiger partial charge in [0.15, 0.2) is 11.2 Å². The molecule has 0 radical (unpaired) electrons. The number of aliphatic carboxylic acids is 1. The van der Waals surface area contributed by atoms with Crippen molar-refractivity contribution in [3.63, 3.8) is 0 Å². The third-order valence-corrected chi connectivity index (χ3v) is 5.47. The molecule has 0 saturated heterocycles. The van der Waals surface area contributed by atoms with Crippen molar-refractivity contribution in [1.82, 2.24) is 19.1 Å². The second kappa shape index (κ2) is 10.3. The molecule has 4 rings (SSSR count). The van der Waals surface area contributed by atoms with Gasteiger partial charge in [0.05, 0.1) is 6.54 Å². The molecule has 0 unspecified atom stereocenters. The molecule has 0 amide bonds. The van der Waals surface area contributed by atoms with Gasteiger partial charge in [-0.05, 0) is 17.7 Å². The fraction of sp³-hybridized carbons (Fsp3) is 0.250. The Morgan fingerprint density at radius 1 is 1.11 bits per heavy atom. The molecular weight excluding hydrogens is 454 g/mol. The molecular formula is C24H25N5O6. The number of H-pyrrole nitrogens is 1. The van der Waals surface area contributed by atoms with E-state index >= 15 is 0 Å². The average molecular weight is 479 g/mol. The number of aryl methyl sites for hydroxylation is 1. The van der Waals surface area contributed by atoms with Crippen LogP contribution >= 0.6 is 0 Å². The van der Waals surface area contributed by atoms with Crippen LogP contribution in [0.25, 0.3) is 11.2 Å². The second-order valence-electron chi connectivity index (χ2n) is 8.04. The monoisotopic (exact) mass is 479 g/mol. The Morgan fingerprint density at radius 3 is 2.43 bits per heavy atom. The van der Waals surface area contributed by atoms with E-state index in [2.05, 4.69) is 15.3 Å². The molecule has 2 atom stereocenters. The summed E-state index contributed by atoms with van der Waals surface area (Å²) in [4.78, 5) is 43.3. The topological polar surface area (TPSA) is 151 Å². The first-order valence-corrected chi connectivity index (χ1v) is 10.9. The Kier molecular flexibility index (Phi) is 6.97. The zero-order valence-corrected chi connectivity index (χ0v) is 18.9. The van der Waals surface area contributed by atoms with Crippen LogP contribution in [0.5, 0.6) is 5.75 Å². The number of nitrogens with one attached hydrogen (secondary N) is 2. The third kappa shape index (κ3) is 5.41. The molecule has 2 heterocycles. The van der Waals surface area contributed by atoms with Crippen molar-refractivity contribution in [1.29, 1.82) is 0 Å². The Balaban J connectivity index is 1.67. The summed E-state index contributed by atoms with van der Waals surface area (Å²) in [6, 6.07) is 16.9. The van der Waals surface area contributed by atoms with Crippen molar-refractivity contribution in [2.45, 2.75) is 25.1 Å². The molecule has 2 aromatic carbocycles. The van der Waals surface area contributed by atoms with Crippen molar-refractivity contribution in [2.24, 2.45) is 7.05 Å². The van der Waals surface area contributed by atoms with Crippen LogP contribution in [0.3, 0.4) is 0 Å². The van der Waals surface area contributed by atoms with E-state index < -0.39 is 29.4 Å². The number of aromatic nitrogens is 4. The highest BCUT2D eigenvalue weighted by Crippen LogP contribution is 2.19. The van der Waals surface area contributed by atoms with Crippen LogP contribution < -0.4 is 21.3 Å². The van der Waals surface area contributed by atoms with E-state index in [-0.39, 0.29) is 36.7 Å². The maximum atomic E-state index is 12.7. The van der Waals surface area contributed by atoms with Gasteiger partial charge in [0, 0.05) is 13.5 Å². The van der Waals surface area contributed by atoms with Crippen LogP contribution in [0.15, 0.2) is 70.3 Å². The van der Waals surface area contributed by atoms with Crippen molar-refractivity contribution in [3.05, 3.63) is 87.1 Å². The standard InChI is InChI=1S/C24H25N5O6/c1-28-20-19(21(31)27-24(28)34)29(13-16(30)14-35-17-10-6-3-7-11-17)23(26-20)25-18(22(32)33)12-15-8-4-2-5-9-15/h2-11,16,18,30H,12-14H2,1H3,(H,25,26)(H,32,33)(H,27,31,34)/t16-,18-/m1/s1. The van der Waals surface area contributed by atoms with Crippen LogP contribution in [0.1, 0.15) is 5.56 Å². The number of fused-ring (bicyclic) bond motifs is 1. The number of hydrogen-bond donors (Lipinski definition) is 4. The number of benzene rings is 2. The molecule has 0 spiro atoms. The van der Waals surface area contributed by atoms with E-state index in [1.807, 2.05) is 24.3 Å². The molecule has 0 aliphatic rings. The SMILES string of the molecule is Cn1c(=O)[nH]c(=O)c2c1nc(N[C@H](Cc1ccccc1)C(=O)O)n2C[C@@H](O)COc1ccccc1. The van der Waals surface area contributed by atoms with Gasteiger partial charge in [0.25, 0.3) is 5.56 Å². The number of hydrogen-bond acceptors (Lipinski definition) is 7. The van der Waals surface area contributed by atoms with Gasteiger partial charge in [-0.25, -0.2) is 9.59 Å². The number of carbonyl (C=O) groups is 1. The zero-order chi connectivity index (χ0) is 24.9. The first kappa shape index (κ1) is 23.8. The van der Waals surface area contributed by atoms with Gasteiger partial charge < -0.3 is 24.8 Å². The van der Waals surface area contributed by atoms with Crippen molar-refractivity contribution >= 4 is 23.1 Å². The summed E-state index contributed by atoms with van der Waals surface area (Å²) in [7, 11) is 1.44. The Labute approximate surface area is 199 Å². The number of para-hydroxylation sites is 1. The highest BCUT2D eigenvalue weighted by Gasteiger charge is 2.25. The van der Waals surface area contributed by atoms with Crippen molar-refractivity contribution in [2.75, 3.05) is 11.9 Å². The lowest BCUT2D eigenvalue weighted by Crippen LogP contribution is -2.34. The molecule has 35 heavy (non-hydrogen) atoms. The predicted molar refractivity (Wildman–Crippen MR) is 129 cm³/mol. The van der Waals surface area contributed by atoms with E-state index in [1.54, 1.807) is 36.4 Å². The summed E-state index contributed by atoms with van der Waals surface area (Å²) in [6.45, 7) is -0.218. The third-order valence-electron chi connectivity index (χ3n) is 5.47. The Hall–Kier alpha value is -4.38. The number of rotatable bonds is 10. The molecule has 11 heteroatoms. The normalized spacial score (nSPS) is 12.9. The molecule has 0 bridgehead atoms. The van der Waals surface area contributed by atoms with Gasteiger partial charge >= 0.3 is 11.7 Å². The lowest BCUT2D eigenvalue weighted by atomic mass is 10.1.